The Morgan fingerprint density at radius 1 is 1.25 bits per heavy atom. The van der Waals surface area contributed by atoms with Gasteiger partial charge in [0.2, 0.25) is 5.88 Å². The van der Waals surface area contributed by atoms with Crippen LogP contribution in [0, 0.1) is 0 Å². The minimum absolute atomic E-state index is 0.279. The van der Waals surface area contributed by atoms with E-state index in [1.165, 1.54) is 19.5 Å². The van der Waals surface area contributed by atoms with Crippen LogP contribution in [0.15, 0.2) is 36.7 Å². The normalized spacial score (nSPS) is 13.6. The molecule has 20 heavy (non-hydrogen) atoms. The van der Waals surface area contributed by atoms with Gasteiger partial charge >= 0.3 is 0 Å². The van der Waals surface area contributed by atoms with Gasteiger partial charge in [0.15, 0.2) is 0 Å². The van der Waals surface area contributed by atoms with E-state index < -0.39 is 12.2 Å². The van der Waals surface area contributed by atoms with Gasteiger partial charge in [-0.2, -0.15) is 0 Å². The van der Waals surface area contributed by atoms with Crippen molar-refractivity contribution >= 4 is 11.6 Å². The van der Waals surface area contributed by atoms with Crippen molar-refractivity contribution in [3.63, 3.8) is 0 Å². The van der Waals surface area contributed by atoms with Crippen LogP contribution in [0.25, 0.3) is 0 Å². The zero-order chi connectivity index (χ0) is 14.5. The minimum atomic E-state index is -0.961. The molecule has 106 valence electrons. The average molecular weight is 295 g/mol. The molecule has 2 aromatic rings. The monoisotopic (exact) mass is 294 g/mol. The molecule has 5 nitrogen and oxygen atoms in total. The van der Waals surface area contributed by atoms with E-state index in [9.17, 15) is 5.11 Å². The van der Waals surface area contributed by atoms with E-state index in [1.54, 1.807) is 31.2 Å². The molecule has 2 rings (SSSR count). The Labute approximate surface area is 122 Å². The van der Waals surface area contributed by atoms with Crippen LogP contribution in [0.1, 0.15) is 18.7 Å². The van der Waals surface area contributed by atoms with Gasteiger partial charge in [0.05, 0.1) is 7.11 Å². The molecule has 0 aliphatic rings. The van der Waals surface area contributed by atoms with Crippen molar-refractivity contribution in [2.45, 2.75) is 19.1 Å². The summed E-state index contributed by atoms with van der Waals surface area (Å²) < 4.78 is 10.7. The van der Waals surface area contributed by atoms with E-state index in [0.717, 1.165) is 0 Å². The van der Waals surface area contributed by atoms with Gasteiger partial charge in [-0.25, -0.2) is 4.98 Å². The highest BCUT2D eigenvalue weighted by atomic mass is 35.5. The Morgan fingerprint density at radius 2 is 2.00 bits per heavy atom. The largest absolute Gasteiger partial charge is 0.488 e. The van der Waals surface area contributed by atoms with Crippen molar-refractivity contribution in [3.8, 4) is 11.6 Å². The molecule has 0 amide bonds. The maximum Gasteiger partial charge on any atom is 0.238 e. The highest BCUT2D eigenvalue weighted by Gasteiger charge is 2.23. The molecule has 0 fully saturated rings. The number of rotatable bonds is 5. The van der Waals surface area contributed by atoms with Crippen LogP contribution in [0.5, 0.6) is 11.6 Å². The number of nitrogens with zero attached hydrogens (tertiary/aromatic N) is 2. The highest BCUT2D eigenvalue weighted by Crippen LogP contribution is 2.26. The smallest absolute Gasteiger partial charge is 0.238 e. The zero-order valence-corrected chi connectivity index (χ0v) is 11.9. The molecule has 2 atom stereocenters. The Bertz CT molecular complexity index is 580. The van der Waals surface area contributed by atoms with Crippen molar-refractivity contribution in [2.75, 3.05) is 7.11 Å². The van der Waals surface area contributed by atoms with Crippen LogP contribution in [0.3, 0.4) is 0 Å². The van der Waals surface area contributed by atoms with E-state index in [2.05, 4.69) is 9.97 Å². The Kier molecular flexibility index (Phi) is 4.76. The number of aromatic nitrogens is 2. The molecule has 0 radical (unpaired) electrons. The number of aliphatic hydroxyl groups is 1. The second-order valence-corrected chi connectivity index (χ2v) is 4.61. The number of ether oxygens (including phenoxy) is 2. The van der Waals surface area contributed by atoms with Gasteiger partial charge in [0.25, 0.3) is 0 Å². The van der Waals surface area contributed by atoms with Crippen LogP contribution < -0.4 is 9.47 Å². The quantitative estimate of drug-likeness (QED) is 0.918. The number of halogens is 1. The van der Waals surface area contributed by atoms with E-state index in [1.807, 2.05) is 0 Å². The molecular formula is C14H15ClN2O3. The summed E-state index contributed by atoms with van der Waals surface area (Å²) in [7, 11) is 1.47. The first-order valence-electron chi connectivity index (χ1n) is 6.07. The van der Waals surface area contributed by atoms with Crippen LogP contribution >= 0.6 is 11.6 Å². The first-order valence-corrected chi connectivity index (χ1v) is 6.45. The molecule has 0 spiro atoms. The Hall–Kier alpha value is -1.85. The summed E-state index contributed by atoms with van der Waals surface area (Å²) in [6.45, 7) is 1.74. The van der Waals surface area contributed by atoms with Crippen molar-refractivity contribution in [1.29, 1.82) is 0 Å². The summed E-state index contributed by atoms with van der Waals surface area (Å²) in [5.41, 5.74) is 0.338. The molecule has 0 aliphatic heterocycles. The number of aliphatic hydroxyl groups excluding tert-OH is 1. The zero-order valence-electron chi connectivity index (χ0n) is 11.2. The van der Waals surface area contributed by atoms with Crippen molar-refractivity contribution in [1.82, 2.24) is 9.97 Å². The fourth-order valence-electron chi connectivity index (χ4n) is 1.74. The second-order valence-electron chi connectivity index (χ2n) is 4.18. The number of hydrogen-bond donors (Lipinski definition) is 1. The van der Waals surface area contributed by atoms with Crippen molar-refractivity contribution in [3.05, 3.63) is 47.4 Å². The number of hydrogen-bond acceptors (Lipinski definition) is 5. The summed E-state index contributed by atoms with van der Waals surface area (Å²) in [5.74, 6) is 0.855. The molecule has 0 saturated heterocycles. The number of methoxy groups -OCH3 is 1. The fraction of sp³-hybridized carbons (Fsp3) is 0.286. The van der Waals surface area contributed by atoms with Crippen LogP contribution in [0.4, 0.5) is 0 Å². The van der Waals surface area contributed by atoms with Crippen molar-refractivity contribution < 1.29 is 14.6 Å². The lowest BCUT2D eigenvalue weighted by Crippen LogP contribution is -2.23. The molecule has 1 N–H and O–H groups in total. The summed E-state index contributed by atoms with van der Waals surface area (Å²) >= 11 is 5.89. The molecule has 0 saturated carbocycles. The predicted molar refractivity (Wildman–Crippen MR) is 75.1 cm³/mol. The topological polar surface area (TPSA) is 64.5 Å². The maximum atomic E-state index is 10.3. The van der Waals surface area contributed by atoms with Gasteiger partial charge in [0.1, 0.15) is 23.7 Å². The lowest BCUT2D eigenvalue weighted by molar-refractivity contribution is 0.0416. The van der Waals surface area contributed by atoms with Gasteiger partial charge in [-0.1, -0.05) is 17.7 Å². The molecule has 0 bridgehead atoms. The Balaban J connectivity index is 2.14. The summed E-state index contributed by atoms with van der Waals surface area (Å²) in [6, 6.07) is 6.97. The van der Waals surface area contributed by atoms with Gasteiger partial charge < -0.3 is 14.6 Å². The van der Waals surface area contributed by atoms with E-state index in [-0.39, 0.29) is 5.88 Å². The molecule has 0 aliphatic carbocycles. The fourth-order valence-corrected chi connectivity index (χ4v) is 1.92. The summed E-state index contributed by atoms with van der Waals surface area (Å²) in [5, 5.41) is 10.9. The third-order valence-corrected chi connectivity index (χ3v) is 2.96. The van der Waals surface area contributed by atoms with E-state index >= 15 is 0 Å². The Morgan fingerprint density at radius 3 is 2.70 bits per heavy atom. The second kappa shape index (κ2) is 6.54. The summed E-state index contributed by atoms with van der Waals surface area (Å²) in [6.07, 6.45) is 1.50. The molecule has 1 heterocycles. The van der Waals surface area contributed by atoms with Crippen LogP contribution in [-0.4, -0.2) is 28.3 Å². The van der Waals surface area contributed by atoms with Gasteiger partial charge in [-0.15, -0.1) is 0 Å². The molecule has 1 aromatic carbocycles. The lowest BCUT2D eigenvalue weighted by Gasteiger charge is -2.21. The minimum Gasteiger partial charge on any atom is -0.488 e. The highest BCUT2D eigenvalue weighted by molar-refractivity contribution is 6.30. The molecule has 2 unspecified atom stereocenters. The van der Waals surface area contributed by atoms with Gasteiger partial charge in [-0.3, -0.25) is 4.98 Å². The molecular weight excluding hydrogens is 280 g/mol. The van der Waals surface area contributed by atoms with E-state index in [4.69, 9.17) is 21.1 Å². The number of benzene rings is 1. The van der Waals surface area contributed by atoms with Crippen LogP contribution in [-0.2, 0) is 0 Å². The van der Waals surface area contributed by atoms with E-state index in [0.29, 0.717) is 16.5 Å². The van der Waals surface area contributed by atoms with Gasteiger partial charge in [-0.05, 0) is 25.1 Å². The third-order valence-electron chi connectivity index (χ3n) is 2.73. The average Bonchev–Trinajstić information content (AvgIpc) is 2.46. The third kappa shape index (κ3) is 3.37. The van der Waals surface area contributed by atoms with Gasteiger partial charge in [0, 0.05) is 17.4 Å². The SMILES string of the molecule is COc1nccnc1C(O)C(C)Oc1cccc(Cl)c1. The molecule has 1 aromatic heterocycles. The first kappa shape index (κ1) is 14.6. The van der Waals surface area contributed by atoms with Crippen molar-refractivity contribution in [2.24, 2.45) is 0 Å². The standard InChI is InChI=1S/C14H15ClN2O3/c1-9(20-11-5-3-4-10(15)8-11)13(18)12-14(19-2)17-7-6-16-12/h3-9,13,18H,1-2H3. The lowest BCUT2D eigenvalue weighted by atomic mass is 10.1. The molecule has 6 heteroatoms. The predicted octanol–water partition coefficient (Wildman–Crippen LogP) is 2.64. The summed E-state index contributed by atoms with van der Waals surface area (Å²) in [4.78, 5) is 8.09. The maximum absolute atomic E-state index is 10.3. The van der Waals surface area contributed by atoms with Crippen LogP contribution in [0.2, 0.25) is 5.02 Å². The first-order chi connectivity index (χ1) is 9.61.